The van der Waals surface area contributed by atoms with E-state index in [0.717, 1.165) is 72.0 Å². The number of para-hydroxylation sites is 3. The second-order valence-corrected chi connectivity index (χ2v) is 13.8. The van der Waals surface area contributed by atoms with Crippen molar-refractivity contribution in [3.05, 3.63) is 188 Å². The molecule has 0 radical (unpaired) electrons. The van der Waals surface area contributed by atoms with Gasteiger partial charge in [-0.1, -0.05) is 133 Å². The van der Waals surface area contributed by atoms with Crippen LogP contribution in [0.25, 0.3) is 105 Å². The van der Waals surface area contributed by atoms with Crippen molar-refractivity contribution in [3.8, 4) is 50.6 Å². The molecule has 0 fully saturated rings. The number of aromatic nitrogens is 3. The molecule has 4 nitrogen and oxygen atoms in total. The van der Waals surface area contributed by atoms with Gasteiger partial charge in [0.15, 0.2) is 5.82 Å². The van der Waals surface area contributed by atoms with Crippen LogP contribution in [0.3, 0.4) is 0 Å². The molecule has 0 unspecified atom stereocenters. The molecule has 0 saturated heterocycles. The molecule has 0 atom stereocenters. The first-order valence-electron chi connectivity index (χ1n) is 18.2. The number of nitrogens with zero attached hydrogens (tertiary/aromatic N) is 3. The Kier molecular flexibility index (Phi) is 6.82. The van der Waals surface area contributed by atoms with E-state index in [1.807, 2.05) is 12.1 Å². The highest BCUT2D eigenvalue weighted by Gasteiger charge is 2.19. The maximum atomic E-state index is 6.52. The molecule has 8 aromatic carbocycles. The largest absolute Gasteiger partial charge is 0.456 e. The molecule has 11 rings (SSSR count). The van der Waals surface area contributed by atoms with E-state index >= 15 is 0 Å². The highest BCUT2D eigenvalue weighted by Crippen LogP contribution is 2.41. The summed E-state index contributed by atoms with van der Waals surface area (Å²) in [7, 11) is 0. The minimum atomic E-state index is 0.691. The average Bonchev–Trinajstić information content (AvgIpc) is 3.79. The Morgan fingerprint density at radius 1 is 0.389 bits per heavy atom. The molecule has 0 spiro atoms. The van der Waals surface area contributed by atoms with E-state index in [0.29, 0.717) is 5.82 Å². The second-order valence-electron chi connectivity index (χ2n) is 13.8. The Hall–Kier alpha value is -7.30. The van der Waals surface area contributed by atoms with Gasteiger partial charge in [0, 0.05) is 43.7 Å². The lowest BCUT2D eigenvalue weighted by atomic mass is 9.97. The van der Waals surface area contributed by atoms with Crippen LogP contribution in [0.15, 0.2) is 192 Å². The first kappa shape index (κ1) is 30.3. The van der Waals surface area contributed by atoms with Crippen molar-refractivity contribution in [3.63, 3.8) is 0 Å². The predicted molar refractivity (Wildman–Crippen MR) is 223 cm³/mol. The Morgan fingerprint density at radius 3 is 1.85 bits per heavy atom. The molecule has 0 N–H and O–H groups in total. The second kappa shape index (κ2) is 12.1. The van der Waals surface area contributed by atoms with Crippen molar-refractivity contribution in [2.24, 2.45) is 0 Å². The number of fused-ring (bicyclic) bond motifs is 7. The number of furan rings is 1. The first-order chi connectivity index (χ1) is 26.8. The van der Waals surface area contributed by atoms with E-state index in [1.54, 1.807) is 0 Å². The van der Waals surface area contributed by atoms with Crippen molar-refractivity contribution in [1.82, 2.24) is 14.5 Å². The van der Waals surface area contributed by atoms with E-state index in [9.17, 15) is 0 Å². The van der Waals surface area contributed by atoms with E-state index in [2.05, 4.69) is 180 Å². The lowest BCUT2D eigenvalue weighted by Crippen LogP contribution is -1.95. The molecule has 0 aliphatic heterocycles. The van der Waals surface area contributed by atoms with Gasteiger partial charge in [-0.15, -0.1) is 0 Å². The summed E-state index contributed by atoms with van der Waals surface area (Å²) in [4.78, 5) is 10.3. The third kappa shape index (κ3) is 4.85. The summed E-state index contributed by atoms with van der Waals surface area (Å²) in [5.74, 6) is 0.691. The van der Waals surface area contributed by atoms with Gasteiger partial charge in [-0.3, -0.25) is 0 Å². The number of hydrogen-bond acceptors (Lipinski definition) is 3. The predicted octanol–water partition coefficient (Wildman–Crippen LogP) is 13.3. The Labute approximate surface area is 311 Å². The van der Waals surface area contributed by atoms with Gasteiger partial charge in [-0.25, -0.2) is 9.97 Å². The van der Waals surface area contributed by atoms with Crippen molar-refractivity contribution >= 4 is 54.6 Å². The standard InChI is InChI=1S/C50H31N3O/c1-3-12-32(13-4-1)33-22-24-34(25-23-33)50-51-43-19-9-7-17-39(43)49(52-50)40-18-11-21-47-48(40)42-31-36(27-29-46(42)54-47)35-26-28-45-41(30-35)38-16-8-10-20-44(38)53(45)37-14-5-2-6-15-37/h1-31H. The third-order valence-electron chi connectivity index (χ3n) is 10.6. The summed E-state index contributed by atoms with van der Waals surface area (Å²) in [5.41, 5.74) is 13.6. The minimum absolute atomic E-state index is 0.691. The van der Waals surface area contributed by atoms with Gasteiger partial charge in [0.05, 0.1) is 22.2 Å². The molecular weight excluding hydrogens is 659 g/mol. The average molecular weight is 690 g/mol. The fraction of sp³-hybridized carbons (Fsp3) is 0. The highest BCUT2D eigenvalue weighted by molar-refractivity contribution is 6.16. The topological polar surface area (TPSA) is 43.9 Å². The maximum absolute atomic E-state index is 6.52. The van der Waals surface area contributed by atoms with E-state index in [-0.39, 0.29) is 0 Å². The lowest BCUT2D eigenvalue weighted by Gasteiger charge is -2.11. The quantitative estimate of drug-likeness (QED) is 0.181. The highest BCUT2D eigenvalue weighted by atomic mass is 16.3. The van der Waals surface area contributed by atoms with Crippen molar-refractivity contribution in [1.29, 1.82) is 0 Å². The van der Waals surface area contributed by atoms with Crippen LogP contribution in [-0.4, -0.2) is 14.5 Å². The van der Waals surface area contributed by atoms with Gasteiger partial charge in [-0.05, 0) is 76.9 Å². The van der Waals surface area contributed by atoms with Crippen LogP contribution < -0.4 is 0 Å². The molecular formula is C50H31N3O. The van der Waals surface area contributed by atoms with Crippen molar-refractivity contribution < 1.29 is 4.42 Å². The van der Waals surface area contributed by atoms with Crippen LogP contribution in [-0.2, 0) is 0 Å². The van der Waals surface area contributed by atoms with Gasteiger partial charge in [0.25, 0.3) is 0 Å². The van der Waals surface area contributed by atoms with Crippen LogP contribution in [0.5, 0.6) is 0 Å². The summed E-state index contributed by atoms with van der Waals surface area (Å²) in [6.45, 7) is 0. The molecule has 252 valence electrons. The van der Waals surface area contributed by atoms with Gasteiger partial charge in [0.2, 0.25) is 0 Å². The Balaban J connectivity index is 1.07. The molecule has 0 aliphatic carbocycles. The van der Waals surface area contributed by atoms with Crippen LogP contribution >= 0.6 is 0 Å². The van der Waals surface area contributed by atoms with Crippen molar-refractivity contribution in [2.45, 2.75) is 0 Å². The minimum Gasteiger partial charge on any atom is -0.456 e. The third-order valence-corrected chi connectivity index (χ3v) is 10.6. The summed E-state index contributed by atoms with van der Waals surface area (Å²) in [6, 6.07) is 66.1. The van der Waals surface area contributed by atoms with Gasteiger partial charge in [-0.2, -0.15) is 0 Å². The molecule has 4 heteroatoms. The van der Waals surface area contributed by atoms with Crippen molar-refractivity contribution in [2.75, 3.05) is 0 Å². The van der Waals surface area contributed by atoms with Crippen LogP contribution in [0.1, 0.15) is 0 Å². The lowest BCUT2D eigenvalue weighted by molar-refractivity contribution is 0.669. The molecule has 11 aromatic rings. The zero-order valence-electron chi connectivity index (χ0n) is 29.1. The molecule has 0 aliphatic rings. The molecule has 3 aromatic heterocycles. The van der Waals surface area contributed by atoms with Crippen LogP contribution in [0, 0.1) is 0 Å². The zero-order chi connectivity index (χ0) is 35.6. The Bertz CT molecular complexity index is 3200. The molecule has 0 bridgehead atoms. The Morgan fingerprint density at radius 2 is 1.02 bits per heavy atom. The van der Waals surface area contributed by atoms with E-state index in [1.165, 1.54) is 27.4 Å². The molecule has 3 heterocycles. The van der Waals surface area contributed by atoms with Crippen LogP contribution in [0.4, 0.5) is 0 Å². The monoisotopic (exact) mass is 689 g/mol. The summed E-state index contributed by atoms with van der Waals surface area (Å²) >= 11 is 0. The number of benzene rings is 8. The summed E-state index contributed by atoms with van der Waals surface area (Å²) < 4.78 is 8.87. The normalized spacial score (nSPS) is 11.7. The zero-order valence-corrected chi connectivity index (χ0v) is 29.1. The first-order valence-corrected chi connectivity index (χ1v) is 18.2. The number of rotatable bonds is 5. The van der Waals surface area contributed by atoms with Crippen LogP contribution in [0.2, 0.25) is 0 Å². The fourth-order valence-electron chi connectivity index (χ4n) is 8.06. The SMILES string of the molecule is c1ccc(-c2ccc(-c3nc(-c4cccc5oc6ccc(-c7ccc8c(c7)c7ccccc7n8-c7ccccc7)cc6c45)c4ccccc4n3)cc2)cc1. The summed E-state index contributed by atoms with van der Waals surface area (Å²) in [6.07, 6.45) is 0. The smallest absolute Gasteiger partial charge is 0.160 e. The van der Waals surface area contributed by atoms with E-state index in [4.69, 9.17) is 14.4 Å². The van der Waals surface area contributed by atoms with Gasteiger partial charge >= 0.3 is 0 Å². The summed E-state index contributed by atoms with van der Waals surface area (Å²) in [5, 5.41) is 5.56. The molecule has 0 saturated carbocycles. The maximum Gasteiger partial charge on any atom is 0.160 e. The van der Waals surface area contributed by atoms with Gasteiger partial charge in [0.1, 0.15) is 11.2 Å². The molecule has 0 amide bonds. The number of hydrogen-bond donors (Lipinski definition) is 0. The van der Waals surface area contributed by atoms with Gasteiger partial charge < -0.3 is 8.98 Å². The fourth-order valence-corrected chi connectivity index (χ4v) is 8.06. The van der Waals surface area contributed by atoms with E-state index < -0.39 is 0 Å². The molecule has 54 heavy (non-hydrogen) atoms.